The highest BCUT2D eigenvalue weighted by atomic mass is 16.3. The average Bonchev–Trinajstić information content (AvgIpc) is 2.43. The molecule has 2 N–H and O–H groups in total. The minimum Gasteiger partial charge on any atom is -0.390 e. The lowest BCUT2D eigenvalue weighted by Gasteiger charge is -2.36. The Morgan fingerprint density at radius 2 is 2.00 bits per heavy atom. The fourth-order valence-corrected chi connectivity index (χ4v) is 2.73. The number of rotatable bonds is 2. The molecule has 2 aliphatic heterocycles. The van der Waals surface area contributed by atoms with Gasteiger partial charge >= 0.3 is 0 Å². The summed E-state index contributed by atoms with van der Waals surface area (Å²) in [5.74, 6) is 2.61. The molecule has 0 aliphatic carbocycles. The predicted octanol–water partition coefficient (Wildman–Crippen LogP) is 1.05. The molecule has 0 aromatic heterocycles. The number of fused-ring (bicyclic) bond motifs is 2. The Morgan fingerprint density at radius 3 is 2.54 bits per heavy atom. The minimum absolute atomic E-state index is 0.469. The number of terminal acetylenes is 1. The summed E-state index contributed by atoms with van der Waals surface area (Å²) in [5, 5.41) is 13.8. The van der Waals surface area contributed by atoms with Crippen molar-refractivity contribution in [1.82, 2.24) is 5.32 Å². The highest BCUT2D eigenvalue weighted by molar-refractivity contribution is 5.01. The van der Waals surface area contributed by atoms with Crippen LogP contribution in [0.2, 0.25) is 0 Å². The Balaban J connectivity index is 1.96. The van der Waals surface area contributed by atoms with E-state index in [1.807, 2.05) is 0 Å². The van der Waals surface area contributed by atoms with E-state index in [1.54, 1.807) is 0 Å². The molecule has 0 radical (unpaired) electrons. The normalized spacial score (nSPS) is 43.1. The second-order valence-corrected chi connectivity index (χ2v) is 4.47. The Kier molecular flexibility index (Phi) is 2.31. The predicted molar refractivity (Wildman–Crippen MR) is 52.2 cm³/mol. The van der Waals surface area contributed by atoms with Gasteiger partial charge in [-0.3, -0.25) is 0 Å². The first-order chi connectivity index (χ1) is 6.22. The Bertz CT molecular complexity index is 219. The second kappa shape index (κ2) is 3.32. The molecule has 2 unspecified atom stereocenters. The van der Waals surface area contributed by atoms with Crippen molar-refractivity contribution in [2.45, 2.75) is 56.2 Å². The third kappa shape index (κ3) is 1.87. The summed E-state index contributed by atoms with van der Waals surface area (Å²) in [6, 6.07) is 1.09. The zero-order valence-electron chi connectivity index (χ0n) is 7.92. The third-order valence-corrected chi connectivity index (χ3v) is 3.32. The lowest BCUT2D eigenvalue weighted by Crippen LogP contribution is -2.48. The van der Waals surface area contributed by atoms with Crippen LogP contribution in [0, 0.1) is 12.3 Å². The lowest BCUT2D eigenvalue weighted by molar-refractivity contribution is -0.0126. The molecule has 0 amide bonds. The number of hydrogen-bond donors (Lipinski definition) is 2. The van der Waals surface area contributed by atoms with Crippen LogP contribution in [-0.4, -0.2) is 22.8 Å². The van der Waals surface area contributed by atoms with Gasteiger partial charge in [-0.25, -0.2) is 0 Å². The van der Waals surface area contributed by atoms with Crippen molar-refractivity contribution in [3.63, 3.8) is 0 Å². The van der Waals surface area contributed by atoms with E-state index in [2.05, 4.69) is 11.2 Å². The maximum absolute atomic E-state index is 10.2. The van der Waals surface area contributed by atoms with E-state index in [0.717, 1.165) is 19.3 Å². The third-order valence-electron chi connectivity index (χ3n) is 3.32. The van der Waals surface area contributed by atoms with Crippen molar-refractivity contribution in [3.05, 3.63) is 0 Å². The zero-order valence-corrected chi connectivity index (χ0v) is 7.92. The fourth-order valence-electron chi connectivity index (χ4n) is 2.73. The molecule has 2 heterocycles. The second-order valence-electron chi connectivity index (χ2n) is 4.47. The van der Waals surface area contributed by atoms with Crippen LogP contribution in [0.5, 0.6) is 0 Å². The van der Waals surface area contributed by atoms with Gasteiger partial charge in [0.25, 0.3) is 0 Å². The monoisotopic (exact) mass is 179 g/mol. The van der Waals surface area contributed by atoms with Gasteiger partial charge in [0, 0.05) is 18.5 Å². The van der Waals surface area contributed by atoms with Gasteiger partial charge in [-0.2, -0.15) is 0 Å². The molecule has 0 spiro atoms. The van der Waals surface area contributed by atoms with Crippen molar-refractivity contribution in [3.8, 4) is 12.3 Å². The van der Waals surface area contributed by atoms with Gasteiger partial charge in [-0.15, -0.1) is 12.3 Å². The summed E-state index contributed by atoms with van der Waals surface area (Å²) in [6.07, 6.45) is 10.9. The van der Waals surface area contributed by atoms with Crippen LogP contribution >= 0.6 is 0 Å². The van der Waals surface area contributed by atoms with Gasteiger partial charge in [0.15, 0.2) is 0 Å². The van der Waals surface area contributed by atoms with Crippen molar-refractivity contribution < 1.29 is 5.11 Å². The molecule has 2 atom stereocenters. The topological polar surface area (TPSA) is 32.3 Å². The van der Waals surface area contributed by atoms with Gasteiger partial charge in [-0.05, 0) is 32.1 Å². The number of hydrogen-bond acceptors (Lipinski definition) is 2. The Labute approximate surface area is 79.7 Å². The SMILES string of the molecule is C#CCCC1(O)CC2CCC(C1)N2. The summed E-state index contributed by atoms with van der Waals surface area (Å²) in [7, 11) is 0. The molecule has 2 heteroatoms. The van der Waals surface area contributed by atoms with Crippen LogP contribution in [0.1, 0.15) is 38.5 Å². The maximum atomic E-state index is 10.2. The highest BCUT2D eigenvalue weighted by Gasteiger charge is 2.41. The lowest BCUT2D eigenvalue weighted by atomic mass is 9.84. The van der Waals surface area contributed by atoms with Crippen LogP contribution in [0.4, 0.5) is 0 Å². The van der Waals surface area contributed by atoms with Crippen molar-refractivity contribution in [2.75, 3.05) is 0 Å². The number of nitrogens with one attached hydrogen (secondary N) is 1. The van der Waals surface area contributed by atoms with Crippen LogP contribution in [-0.2, 0) is 0 Å². The molecule has 0 aromatic carbocycles. The summed E-state index contributed by atoms with van der Waals surface area (Å²) in [5.41, 5.74) is -0.469. The van der Waals surface area contributed by atoms with Gasteiger partial charge in [0.2, 0.25) is 0 Å². The highest BCUT2D eigenvalue weighted by Crippen LogP contribution is 2.36. The molecule has 0 aromatic rings. The molecule has 2 nitrogen and oxygen atoms in total. The average molecular weight is 179 g/mol. The first-order valence-corrected chi connectivity index (χ1v) is 5.14. The van der Waals surface area contributed by atoms with E-state index in [-0.39, 0.29) is 0 Å². The van der Waals surface area contributed by atoms with Crippen LogP contribution < -0.4 is 5.32 Å². The zero-order chi connectivity index (χ0) is 9.31. The number of aliphatic hydroxyl groups is 1. The Morgan fingerprint density at radius 1 is 1.38 bits per heavy atom. The Hall–Kier alpha value is -0.520. The molecule has 2 rings (SSSR count). The standard InChI is InChI=1S/C11H17NO/c1-2-3-6-11(13)7-9-4-5-10(8-11)12-9/h1,9-10,12-13H,3-8H2. The van der Waals surface area contributed by atoms with E-state index in [1.165, 1.54) is 12.8 Å². The first-order valence-electron chi connectivity index (χ1n) is 5.14. The molecule has 2 saturated heterocycles. The molecule has 2 aliphatic rings. The van der Waals surface area contributed by atoms with E-state index >= 15 is 0 Å². The summed E-state index contributed by atoms with van der Waals surface area (Å²) < 4.78 is 0. The molecular weight excluding hydrogens is 162 g/mol. The smallest absolute Gasteiger partial charge is 0.0686 e. The summed E-state index contributed by atoms with van der Waals surface area (Å²) in [4.78, 5) is 0. The van der Waals surface area contributed by atoms with Crippen LogP contribution in [0.25, 0.3) is 0 Å². The fraction of sp³-hybridized carbons (Fsp3) is 0.818. The van der Waals surface area contributed by atoms with Gasteiger partial charge in [0.1, 0.15) is 0 Å². The molecule has 2 fully saturated rings. The summed E-state index contributed by atoms with van der Waals surface area (Å²) in [6.45, 7) is 0. The van der Waals surface area contributed by atoms with Crippen LogP contribution in [0.3, 0.4) is 0 Å². The molecule has 13 heavy (non-hydrogen) atoms. The molecule has 0 saturated carbocycles. The van der Waals surface area contributed by atoms with E-state index < -0.39 is 5.60 Å². The number of piperidine rings is 1. The van der Waals surface area contributed by atoms with Gasteiger partial charge < -0.3 is 10.4 Å². The molecule has 2 bridgehead atoms. The van der Waals surface area contributed by atoms with E-state index in [9.17, 15) is 5.11 Å². The maximum Gasteiger partial charge on any atom is 0.0686 e. The molecule has 72 valence electrons. The van der Waals surface area contributed by atoms with E-state index in [4.69, 9.17) is 6.42 Å². The van der Waals surface area contributed by atoms with Crippen molar-refractivity contribution in [1.29, 1.82) is 0 Å². The quantitative estimate of drug-likeness (QED) is 0.621. The summed E-state index contributed by atoms with van der Waals surface area (Å²) >= 11 is 0. The molecular formula is C11H17NO. The van der Waals surface area contributed by atoms with Crippen molar-refractivity contribution in [2.24, 2.45) is 0 Å². The largest absolute Gasteiger partial charge is 0.390 e. The van der Waals surface area contributed by atoms with E-state index in [0.29, 0.717) is 18.5 Å². The van der Waals surface area contributed by atoms with Crippen molar-refractivity contribution >= 4 is 0 Å². The van der Waals surface area contributed by atoms with Crippen LogP contribution in [0.15, 0.2) is 0 Å². The van der Waals surface area contributed by atoms with Gasteiger partial charge in [0.05, 0.1) is 5.60 Å². The minimum atomic E-state index is -0.469. The first kappa shape index (κ1) is 9.05. The van der Waals surface area contributed by atoms with Gasteiger partial charge in [-0.1, -0.05) is 0 Å².